The molecule has 0 aliphatic heterocycles. The quantitative estimate of drug-likeness (QED) is 0.480. The Balaban J connectivity index is 1.74. The monoisotopic (exact) mass is 463 g/mol. The number of carbonyl (C=O) groups excluding carboxylic acids is 2. The summed E-state index contributed by atoms with van der Waals surface area (Å²) in [5, 5.41) is 0. The second kappa shape index (κ2) is 7.46. The van der Waals surface area contributed by atoms with Crippen molar-refractivity contribution in [1.82, 2.24) is 15.8 Å². The summed E-state index contributed by atoms with van der Waals surface area (Å²) in [4.78, 5) is 26.0. The topological polar surface area (TPSA) is 83.2 Å². The van der Waals surface area contributed by atoms with Gasteiger partial charge in [0.1, 0.15) is 11.4 Å². The Kier molecular flexibility index (Phi) is 5.62. The van der Waals surface area contributed by atoms with Crippen LogP contribution < -0.4 is 15.6 Å². The highest BCUT2D eigenvalue weighted by Crippen LogP contribution is 2.13. The van der Waals surface area contributed by atoms with Crippen molar-refractivity contribution in [2.45, 2.75) is 0 Å². The SMILES string of the molecule is O=C(COc1ccc(I)cc1)NNC(=O)c1cc(Br)c[nH]1. The number of amides is 2. The van der Waals surface area contributed by atoms with Crippen LogP contribution in [0.15, 0.2) is 41.0 Å². The number of nitrogens with one attached hydrogen (secondary N) is 3. The smallest absolute Gasteiger partial charge is 0.286 e. The Labute approximate surface area is 142 Å². The van der Waals surface area contributed by atoms with Gasteiger partial charge >= 0.3 is 0 Å². The van der Waals surface area contributed by atoms with E-state index in [9.17, 15) is 9.59 Å². The summed E-state index contributed by atoms with van der Waals surface area (Å²) in [6, 6.07) is 8.88. The number of halogens is 2. The molecule has 0 atom stereocenters. The van der Waals surface area contributed by atoms with Gasteiger partial charge in [0, 0.05) is 14.2 Å². The molecular weight excluding hydrogens is 453 g/mol. The summed E-state index contributed by atoms with van der Waals surface area (Å²) >= 11 is 5.39. The van der Waals surface area contributed by atoms with Gasteiger partial charge in [-0.3, -0.25) is 20.4 Å². The number of aromatic nitrogens is 1. The number of carbonyl (C=O) groups is 2. The van der Waals surface area contributed by atoms with Crippen molar-refractivity contribution >= 4 is 50.3 Å². The average molecular weight is 464 g/mol. The van der Waals surface area contributed by atoms with E-state index in [1.807, 2.05) is 12.1 Å². The minimum Gasteiger partial charge on any atom is -0.484 e. The van der Waals surface area contributed by atoms with E-state index in [-0.39, 0.29) is 6.61 Å². The van der Waals surface area contributed by atoms with Gasteiger partial charge < -0.3 is 9.72 Å². The molecule has 8 heteroatoms. The molecule has 2 rings (SSSR count). The van der Waals surface area contributed by atoms with E-state index in [4.69, 9.17) is 4.74 Å². The summed E-state index contributed by atoms with van der Waals surface area (Å²) in [5.74, 6) is -0.305. The van der Waals surface area contributed by atoms with Gasteiger partial charge in [-0.2, -0.15) is 0 Å². The maximum atomic E-state index is 11.7. The highest BCUT2D eigenvalue weighted by atomic mass is 127. The first kappa shape index (κ1) is 15.8. The van der Waals surface area contributed by atoms with Crippen molar-refractivity contribution in [1.29, 1.82) is 0 Å². The molecule has 0 spiro atoms. The molecule has 21 heavy (non-hydrogen) atoms. The fourth-order valence-corrected chi connectivity index (χ4v) is 2.11. The Morgan fingerprint density at radius 3 is 2.57 bits per heavy atom. The molecule has 110 valence electrons. The highest BCUT2D eigenvalue weighted by Gasteiger charge is 2.09. The molecule has 0 bridgehead atoms. The molecule has 0 fully saturated rings. The summed E-state index contributed by atoms with van der Waals surface area (Å²) in [5.41, 5.74) is 4.89. The molecule has 2 amide bonds. The number of aromatic amines is 1. The zero-order valence-corrected chi connectivity index (χ0v) is 14.4. The molecule has 0 aliphatic carbocycles. The van der Waals surface area contributed by atoms with Crippen LogP contribution in [0.3, 0.4) is 0 Å². The number of rotatable bonds is 4. The maximum absolute atomic E-state index is 11.7. The number of hydrogen-bond donors (Lipinski definition) is 3. The van der Waals surface area contributed by atoms with Gasteiger partial charge in [0.2, 0.25) is 0 Å². The summed E-state index contributed by atoms with van der Waals surface area (Å²) < 4.78 is 7.11. The molecule has 1 aromatic heterocycles. The fraction of sp³-hybridized carbons (Fsp3) is 0.0769. The number of ether oxygens (including phenoxy) is 1. The van der Waals surface area contributed by atoms with Crippen LogP contribution in [0.4, 0.5) is 0 Å². The minimum atomic E-state index is -0.451. The van der Waals surface area contributed by atoms with Crippen LogP contribution in [0.25, 0.3) is 0 Å². The summed E-state index contributed by atoms with van der Waals surface area (Å²) in [7, 11) is 0. The molecule has 6 nitrogen and oxygen atoms in total. The largest absolute Gasteiger partial charge is 0.484 e. The van der Waals surface area contributed by atoms with Crippen LogP contribution in [0.5, 0.6) is 5.75 Å². The van der Waals surface area contributed by atoms with Gasteiger partial charge in [0.15, 0.2) is 6.61 Å². The lowest BCUT2D eigenvalue weighted by atomic mass is 10.3. The van der Waals surface area contributed by atoms with Crippen LogP contribution in [0.2, 0.25) is 0 Å². The van der Waals surface area contributed by atoms with Crippen LogP contribution in [0, 0.1) is 3.57 Å². The second-order valence-corrected chi connectivity index (χ2v) is 6.14. The molecule has 0 radical (unpaired) electrons. The van der Waals surface area contributed by atoms with Crippen LogP contribution >= 0.6 is 38.5 Å². The van der Waals surface area contributed by atoms with Crippen molar-refractivity contribution < 1.29 is 14.3 Å². The Bertz CT molecular complexity index is 642. The van der Waals surface area contributed by atoms with Crippen LogP contribution in [0.1, 0.15) is 10.5 Å². The van der Waals surface area contributed by atoms with E-state index in [2.05, 4.69) is 54.4 Å². The van der Waals surface area contributed by atoms with Gasteiger partial charge in [0.25, 0.3) is 11.8 Å². The second-order valence-electron chi connectivity index (χ2n) is 3.98. The Hall–Kier alpha value is -1.55. The van der Waals surface area contributed by atoms with Gasteiger partial charge in [0.05, 0.1) is 0 Å². The average Bonchev–Trinajstić information content (AvgIpc) is 2.91. The van der Waals surface area contributed by atoms with E-state index >= 15 is 0 Å². The van der Waals surface area contributed by atoms with Gasteiger partial charge in [-0.25, -0.2) is 0 Å². The Morgan fingerprint density at radius 1 is 1.24 bits per heavy atom. The number of benzene rings is 1. The van der Waals surface area contributed by atoms with Crippen molar-refractivity contribution in [3.63, 3.8) is 0 Å². The normalized spacial score (nSPS) is 10.0. The zero-order valence-electron chi connectivity index (χ0n) is 10.7. The predicted molar refractivity (Wildman–Crippen MR) is 88.8 cm³/mol. The minimum absolute atomic E-state index is 0.185. The lowest BCUT2D eigenvalue weighted by molar-refractivity contribution is -0.123. The van der Waals surface area contributed by atoms with E-state index in [1.54, 1.807) is 24.4 Å². The van der Waals surface area contributed by atoms with Gasteiger partial charge in [-0.05, 0) is 68.9 Å². The third-order valence-corrected chi connectivity index (χ3v) is 3.57. The number of hydrazine groups is 1. The first-order chi connectivity index (χ1) is 10.0. The molecule has 1 heterocycles. The van der Waals surface area contributed by atoms with Crippen molar-refractivity contribution in [3.05, 3.63) is 50.3 Å². The third kappa shape index (κ3) is 5.05. The molecule has 2 aromatic rings. The van der Waals surface area contributed by atoms with Crippen LogP contribution in [-0.2, 0) is 4.79 Å². The van der Waals surface area contributed by atoms with Crippen LogP contribution in [-0.4, -0.2) is 23.4 Å². The highest BCUT2D eigenvalue weighted by molar-refractivity contribution is 14.1. The summed E-state index contributed by atoms with van der Waals surface area (Å²) in [6.45, 7) is -0.185. The van der Waals surface area contributed by atoms with Crippen molar-refractivity contribution in [2.75, 3.05) is 6.61 Å². The third-order valence-electron chi connectivity index (χ3n) is 2.39. The van der Waals surface area contributed by atoms with Gasteiger partial charge in [-0.15, -0.1) is 0 Å². The predicted octanol–water partition coefficient (Wildman–Crippen LogP) is 2.22. The summed E-state index contributed by atoms with van der Waals surface area (Å²) in [6.07, 6.45) is 1.62. The molecule has 0 saturated carbocycles. The molecule has 0 unspecified atom stereocenters. The van der Waals surface area contributed by atoms with E-state index in [0.29, 0.717) is 11.4 Å². The van der Waals surface area contributed by atoms with E-state index in [0.717, 1.165) is 8.04 Å². The first-order valence-corrected chi connectivity index (χ1v) is 7.73. The van der Waals surface area contributed by atoms with Crippen molar-refractivity contribution in [3.8, 4) is 5.75 Å². The Morgan fingerprint density at radius 2 is 1.95 bits per heavy atom. The molecular formula is C13H11BrIN3O3. The lowest BCUT2D eigenvalue weighted by Gasteiger charge is -2.08. The van der Waals surface area contributed by atoms with Crippen molar-refractivity contribution in [2.24, 2.45) is 0 Å². The van der Waals surface area contributed by atoms with E-state index < -0.39 is 11.8 Å². The number of hydrogen-bond acceptors (Lipinski definition) is 3. The molecule has 0 saturated heterocycles. The first-order valence-electron chi connectivity index (χ1n) is 5.86. The lowest BCUT2D eigenvalue weighted by Crippen LogP contribution is -2.43. The standard InChI is InChI=1S/C13H11BrIN3O3/c14-8-5-11(16-6-8)13(20)18-17-12(19)7-21-10-3-1-9(15)2-4-10/h1-6,16H,7H2,(H,17,19)(H,18,20). The number of H-pyrrole nitrogens is 1. The molecule has 3 N–H and O–H groups in total. The van der Waals surface area contributed by atoms with E-state index in [1.165, 1.54) is 0 Å². The molecule has 1 aromatic carbocycles. The molecule has 0 aliphatic rings. The maximum Gasteiger partial charge on any atom is 0.286 e. The van der Waals surface area contributed by atoms with Gasteiger partial charge in [-0.1, -0.05) is 0 Å². The fourth-order valence-electron chi connectivity index (χ4n) is 1.41. The zero-order chi connectivity index (χ0) is 15.2.